The zero-order valence-corrected chi connectivity index (χ0v) is 18.2. The van der Waals surface area contributed by atoms with Crippen LogP contribution in [0.1, 0.15) is 34.1 Å². The van der Waals surface area contributed by atoms with E-state index in [-0.39, 0.29) is 11.9 Å². The number of benzene rings is 2. The first-order valence-electron chi connectivity index (χ1n) is 9.96. The van der Waals surface area contributed by atoms with Crippen molar-refractivity contribution >= 4 is 5.91 Å². The van der Waals surface area contributed by atoms with Gasteiger partial charge in [0, 0.05) is 18.3 Å². The molecular formula is C24H29N3O3. The van der Waals surface area contributed by atoms with Gasteiger partial charge in [-0.05, 0) is 55.7 Å². The van der Waals surface area contributed by atoms with Crippen LogP contribution in [0.2, 0.25) is 0 Å². The molecule has 1 heterocycles. The Labute approximate surface area is 177 Å². The van der Waals surface area contributed by atoms with Crippen LogP contribution in [0.4, 0.5) is 0 Å². The third-order valence-electron chi connectivity index (χ3n) is 5.45. The van der Waals surface area contributed by atoms with E-state index in [1.807, 2.05) is 74.1 Å². The molecule has 158 valence electrons. The molecule has 0 radical (unpaired) electrons. The number of amides is 1. The molecule has 0 fully saturated rings. The summed E-state index contributed by atoms with van der Waals surface area (Å²) in [6.07, 6.45) is 0.980. The number of hydrogen-bond donors (Lipinski definition) is 1. The number of nitrogens with zero attached hydrogens (tertiary/aromatic N) is 2. The molecule has 1 amide bonds. The van der Waals surface area contributed by atoms with Gasteiger partial charge in [0.25, 0.3) is 0 Å². The molecule has 1 unspecified atom stereocenters. The van der Waals surface area contributed by atoms with Crippen LogP contribution in [-0.4, -0.2) is 29.9 Å². The van der Waals surface area contributed by atoms with Gasteiger partial charge in [0.15, 0.2) is 0 Å². The van der Waals surface area contributed by atoms with Gasteiger partial charge in [-0.2, -0.15) is 5.10 Å². The average Bonchev–Trinajstić information content (AvgIpc) is 2.99. The van der Waals surface area contributed by atoms with Gasteiger partial charge in [0.05, 0.1) is 32.4 Å². The first-order valence-corrected chi connectivity index (χ1v) is 9.96. The normalized spacial score (nSPS) is 11.8. The molecule has 2 aromatic carbocycles. The van der Waals surface area contributed by atoms with Crippen molar-refractivity contribution in [1.82, 2.24) is 15.1 Å². The highest BCUT2D eigenvalue weighted by molar-refractivity contribution is 5.79. The molecule has 0 saturated carbocycles. The predicted octanol–water partition coefficient (Wildman–Crippen LogP) is 3.70. The standard InChI is InChI=1S/C24H29N3O3/c1-16-22(17(2)27(3)26-16)15-24(28)25-23(19-8-12-21(30-5)13-9-19)14-18-6-10-20(29-4)11-7-18/h6-13,23H,14-15H2,1-5H3,(H,25,28). The Balaban J connectivity index is 1.81. The molecule has 3 rings (SSSR count). The van der Waals surface area contributed by atoms with E-state index in [9.17, 15) is 4.79 Å². The van der Waals surface area contributed by atoms with Gasteiger partial charge >= 0.3 is 0 Å². The summed E-state index contributed by atoms with van der Waals surface area (Å²) in [5.41, 5.74) is 5.03. The molecule has 0 aliphatic rings. The summed E-state index contributed by atoms with van der Waals surface area (Å²) >= 11 is 0. The lowest BCUT2D eigenvalue weighted by molar-refractivity contribution is -0.121. The van der Waals surface area contributed by atoms with Gasteiger partial charge < -0.3 is 14.8 Å². The summed E-state index contributed by atoms with van der Waals surface area (Å²) in [7, 11) is 5.19. The minimum atomic E-state index is -0.158. The minimum Gasteiger partial charge on any atom is -0.497 e. The van der Waals surface area contributed by atoms with E-state index in [1.165, 1.54) is 0 Å². The molecule has 6 nitrogen and oxygen atoms in total. The van der Waals surface area contributed by atoms with E-state index in [1.54, 1.807) is 14.2 Å². The Morgan fingerprint density at radius 1 is 1.00 bits per heavy atom. The second-order valence-corrected chi connectivity index (χ2v) is 7.40. The largest absolute Gasteiger partial charge is 0.497 e. The van der Waals surface area contributed by atoms with Crippen molar-refractivity contribution in [1.29, 1.82) is 0 Å². The molecule has 0 aliphatic carbocycles. The highest BCUT2D eigenvalue weighted by atomic mass is 16.5. The summed E-state index contributed by atoms with van der Waals surface area (Å²) in [5.74, 6) is 1.57. The Kier molecular flexibility index (Phi) is 6.77. The molecule has 3 aromatic rings. The predicted molar refractivity (Wildman–Crippen MR) is 117 cm³/mol. The average molecular weight is 408 g/mol. The Morgan fingerprint density at radius 2 is 1.57 bits per heavy atom. The Morgan fingerprint density at radius 3 is 2.07 bits per heavy atom. The number of nitrogens with one attached hydrogen (secondary N) is 1. The molecule has 1 N–H and O–H groups in total. The molecule has 0 saturated heterocycles. The second-order valence-electron chi connectivity index (χ2n) is 7.40. The number of ether oxygens (including phenoxy) is 2. The van der Waals surface area contributed by atoms with E-state index in [0.29, 0.717) is 12.8 Å². The van der Waals surface area contributed by atoms with Gasteiger partial charge in [-0.15, -0.1) is 0 Å². The Hall–Kier alpha value is -3.28. The van der Waals surface area contributed by atoms with Crippen molar-refractivity contribution in [2.45, 2.75) is 32.7 Å². The lowest BCUT2D eigenvalue weighted by Crippen LogP contribution is -2.31. The number of rotatable bonds is 8. The van der Waals surface area contributed by atoms with Gasteiger partial charge in [0.1, 0.15) is 11.5 Å². The molecule has 0 aliphatic heterocycles. The van der Waals surface area contributed by atoms with Crippen molar-refractivity contribution < 1.29 is 14.3 Å². The SMILES string of the molecule is COc1ccc(CC(NC(=O)Cc2c(C)nn(C)c2C)c2ccc(OC)cc2)cc1. The first kappa shape index (κ1) is 21.4. The van der Waals surface area contributed by atoms with E-state index in [4.69, 9.17) is 9.47 Å². The number of methoxy groups -OCH3 is 2. The van der Waals surface area contributed by atoms with Crippen molar-refractivity contribution in [3.63, 3.8) is 0 Å². The molecule has 0 spiro atoms. The number of aromatic nitrogens is 2. The highest BCUT2D eigenvalue weighted by Gasteiger charge is 2.19. The summed E-state index contributed by atoms with van der Waals surface area (Å²) < 4.78 is 12.3. The second kappa shape index (κ2) is 9.48. The number of carbonyl (C=O) groups excluding carboxylic acids is 1. The fraction of sp³-hybridized carbons (Fsp3) is 0.333. The van der Waals surface area contributed by atoms with Crippen LogP contribution >= 0.6 is 0 Å². The third-order valence-corrected chi connectivity index (χ3v) is 5.45. The highest BCUT2D eigenvalue weighted by Crippen LogP contribution is 2.23. The quantitative estimate of drug-likeness (QED) is 0.618. The van der Waals surface area contributed by atoms with Crippen LogP contribution in [0.15, 0.2) is 48.5 Å². The molecule has 0 bridgehead atoms. The lowest BCUT2D eigenvalue weighted by atomic mass is 9.98. The van der Waals surface area contributed by atoms with E-state index in [0.717, 1.165) is 39.6 Å². The maximum absolute atomic E-state index is 12.9. The maximum Gasteiger partial charge on any atom is 0.225 e. The maximum atomic E-state index is 12.9. The smallest absolute Gasteiger partial charge is 0.225 e. The molecule has 6 heteroatoms. The van der Waals surface area contributed by atoms with Gasteiger partial charge in [-0.3, -0.25) is 9.48 Å². The van der Waals surface area contributed by atoms with Crippen LogP contribution in [0.5, 0.6) is 11.5 Å². The fourth-order valence-corrected chi connectivity index (χ4v) is 3.56. The number of carbonyl (C=O) groups is 1. The molecule has 1 aromatic heterocycles. The van der Waals surface area contributed by atoms with Crippen molar-refractivity contribution in [3.8, 4) is 11.5 Å². The minimum absolute atomic E-state index is 0.0245. The lowest BCUT2D eigenvalue weighted by Gasteiger charge is -2.20. The van der Waals surface area contributed by atoms with Crippen LogP contribution in [0, 0.1) is 13.8 Å². The van der Waals surface area contributed by atoms with Gasteiger partial charge in [-0.1, -0.05) is 24.3 Å². The van der Waals surface area contributed by atoms with Gasteiger partial charge in [-0.25, -0.2) is 0 Å². The Bertz CT molecular complexity index is 992. The topological polar surface area (TPSA) is 65.4 Å². The van der Waals surface area contributed by atoms with Crippen LogP contribution < -0.4 is 14.8 Å². The van der Waals surface area contributed by atoms with Crippen molar-refractivity contribution in [3.05, 3.63) is 76.6 Å². The van der Waals surface area contributed by atoms with E-state index >= 15 is 0 Å². The van der Waals surface area contributed by atoms with E-state index < -0.39 is 0 Å². The third kappa shape index (κ3) is 5.00. The van der Waals surface area contributed by atoms with Gasteiger partial charge in [0.2, 0.25) is 5.91 Å². The zero-order chi connectivity index (χ0) is 21.7. The summed E-state index contributed by atoms with van der Waals surface area (Å²) in [4.78, 5) is 12.9. The van der Waals surface area contributed by atoms with Crippen LogP contribution in [0.25, 0.3) is 0 Å². The number of aryl methyl sites for hydroxylation is 2. The summed E-state index contributed by atoms with van der Waals surface area (Å²) in [5, 5.41) is 7.63. The van der Waals surface area contributed by atoms with Crippen molar-refractivity contribution in [2.24, 2.45) is 7.05 Å². The van der Waals surface area contributed by atoms with Crippen molar-refractivity contribution in [2.75, 3.05) is 14.2 Å². The summed E-state index contributed by atoms with van der Waals surface area (Å²) in [6.45, 7) is 3.93. The van der Waals surface area contributed by atoms with Crippen LogP contribution in [0.3, 0.4) is 0 Å². The first-order chi connectivity index (χ1) is 14.4. The van der Waals surface area contributed by atoms with Crippen LogP contribution in [-0.2, 0) is 24.7 Å². The molecular weight excluding hydrogens is 378 g/mol. The molecule has 1 atom stereocenters. The number of hydrogen-bond acceptors (Lipinski definition) is 4. The zero-order valence-electron chi connectivity index (χ0n) is 18.2. The fourth-order valence-electron chi connectivity index (χ4n) is 3.56. The summed E-state index contributed by atoms with van der Waals surface area (Å²) in [6, 6.07) is 15.6. The van der Waals surface area contributed by atoms with E-state index in [2.05, 4.69) is 10.4 Å². The molecule has 30 heavy (non-hydrogen) atoms. The monoisotopic (exact) mass is 407 g/mol.